The molecule has 2 atom stereocenters. The molecule has 0 bridgehead atoms. The largest absolute Gasteiger partial charge is 0.316 e. The van der Waals surface area contributed by atoms with Crippen LogP contribution < -0.4 is 5.32 Å². The fourth-order valence-corrected chi connectivity index (χ4v) is 3.37. The molecule has 0 saturated carbocycles. The Balaban J connectivity index is 1.98. The van der Waals surface area contributed by atoms with Gasteiger partial charge in [0.1, 0.15) is 5.82 Å². The van der Waals surface area contributed by atoms with E-state index in [2.05, 4.69) is 11.4 Å². The quantitative estimate of drug-likeness (QED) is 0.867. The zero-order chi connectivity index (χ0) is 13.9. The molecule has 1 aliphatic rings. The Morgan fingerprint density at radius 2 is 1.90 bits per heavy atom. The summed E-state index contributed by atoms with van der Waals surface area (Å²) >= 11 is 6.34. The second kappa shape index (κ2) is 5.94. The van der Waals surface area contributed by atoms with Crippen molar-refractivity contribution in [3.05, 3.63) is 70.5 Å². The van der Waals surface area contributed by atoms with Crippen molar-refractivity contribution in [3.63, 3.8) is 0 Å². The topological polar surface area (TPSA) is 12.0 Å². The van der Waals surface area contributed by atoms with Gasteiger partial charge in [0.2, 0.25) is 0 Å². The van der Waals surface area contributed by atoms with Crippen LogP contribution in [0.2, 0.25) is 5.02 Å². The van der Waals surface area contributed by atoms with Crippen LogP contribution in [0.3, 0.4) is 0 Å². The van der Waals surface area contributed by atoms with Gasteiger partial charge in [0.25, 0.3) is 0 Å². The Morgan fingerprint density at radius 3 is 2.70 bits per heavy atom. The third-order valence-corrected chi connectivity index (χ3v) is 4.41. The summed E-state index contributed by atoms with van der Waals surface area (Å²) in [7, 11) is 0. The van der Waals surface area contributed by atoms with E-state index in [4.69, 9.17) is 11.6 Å². The van der Waals surface area contributed by atoms with Gasteiger partial charge in [0, 0.05) is 17.5 Å². The fourth-order valence-electron chi connectivity index (χ4n) is 3.10. The Labute approximate surface area is 123 Å². The molecule has 1 N–H and O–H groups in total. The van der Waals surface area contributed by atoms with Gasteiger partial charge in [0.15, 0.2) is 0 Å². The SMILES string of the molecule is Fc1cccc(C2CCNCC2c2ccccc2Cl)c1. The maximum atomic E-state index is 13.5. The number of hydrogen-bond donors (Lipinski definition) is 1. The van der Waals surface area contributed by atoms with Crippen LogP contribution in [-0.4, -0.2) is 13.1 Å². The molecule has 2 aromatic carbocycles. The van der Waals surface area contributed by atoms with Crippen LogP contribution in [0.15, 0.2) is 48.5 Å². The molecule has 2 aromatic rings. The highest BCUT2D eigenvalue weighted by Crippen LogP contribution is 2.39. The lowest BCUT2D eigenvalue weighted by molar-refractivity contribution is 0.403. The molecule has 0 aromatic heterocycles. The maximum Gasteiger partial charge on any atom is 0.123 e. The fraction of sp³-hybridized carbons (Fsp3) is 0.294. The lowest BCUT2D eigenvalue weighted by Crippen LogP contribution is -2.34. The van der Waals surface area contributed by atoms with Crippen molar-refractivity contribution in [3.8, 4) is 0 Å². The molecule has 0 aliphatic carbocycles. The van der Waals surface area contributed by atoms with E-state index in [0.717, 1.165) is 35.7 Å². The van der Waals surface area contributed by atoms with E-state index in [-0.39, 0.29) is 5.82 Å². The molecule has 1 fully saturated rings. The maximum absolute atomic E-state index is 13.5. The van der Waals surface area contributed by atoms with Crippen LogP contribution in [0.1, 0.15) is 29.4 Å². The molecule has 104 valence electrons. The molecular formula is C17H17ClFN. The number of piperidine rings is 1. The minimum Gasteiger partial charge on any atom is -0.316 e. The summed E-state index contributed by atoms with van der Waals surface area (Å²) in [4.78, 5) is 0. The summed E-state index contributed by atoms with van der Waals surface area (Å²) in [5, 5.41) is 4.22. The summed E-state index contributed by atoms with van der Waals surface area (Å²) in [5.41, 5.74) is 2.21. The van der Waals surface area contributed by atoms with Gasteiger partial charge in [-0.25, -0.2) is 4.39 Å². The molecule has 1 heterocycles. The van der Waals surface area contributed by atoms with Crippen molar-refractivity contribution in [2.24, 2.45) is 0 Å². The number of rotatable bonds is 2. The van der Waals surface area contributed by atoms with Gasteiger partial charge < -0.3 is 5.32 Å². The van der Waals surface area contributed by atoms with E-state index >= 15 is 0 Å². The Kier molecular flexibility index (Phi) is 4.04. The molecule has 1 nitrogen and oxygen atoms in total. The highest BCUT2D eigenvalue weighted by Gasteiger charge is 2.29. The molecule has 0 amide bonds. The standard InChI is InChI=1S/C17H17ClFN/c18-17-7-2-1-6-15(17)16-11-20-9-8-14(16)12-4-3-5-13(19)10-12/h1-7,10,14,16,20H,8-9,11H2. The molecule has 20 heavy (non-hydrogen) atoms. The van der Waals surface area contributed by atoms with E-state index in [1.807, 2.05) is 24.3 Å². The minimum atomic E-state index is -0.168. The van der Waals surface area contributed by atoms with Crippen LogP contribution in [0.4, 0.5) is 4.39 Å². The monoisotopic (exact) mass is 289 g/mol. The molecule has 0 spiro atoms. The van der Waals surface area contributed by atoms with Gasteiger partial charge in [-0.15, -0.1) is 0 Å². The molecule has 3 heteroatoms. The van der Waals surface area contributed by atoms with Crippen molar-refractivity contribution in [1.29, 1.82) is 0 Å². The van der Waals surface area contributed by atoms with Crippen molar-refractivity contribution in [2.45, 2.75) is 18.3 Å². The van der Waals surface area contributed by atoms with Gasteiger partial charge >= 0.3 is 0 Å². The van der Waals surface area contributed by atoms with Gasteiger partial charge in [-0.3, -0.25) is 0 Å². The zero-order valence-electron chi connectivity index (χ0n) is 11.2. The second-order valence-electron chi connectivity index (χ2n) is 5.28. The molecule has 1 saturated heterocycles. The number of hydrogen-bond acceptors (Lipinski definition) is 1. The Hall–Kier alpha value is -1.38. The number of halogens is 2. The van der Waals surface area contributed by atoms with Crippen LogP contribution in [0, 0.1) is 5.82 Å². The predicted octanol–water partition coefficient (Wildman–Crippen LogP) is 4.34. The predicted molar refractivity (Wildman–Crippen MR) is 80.8 cm³/mol. The summed E-state index contributed by atoms with van der Waals surface area (Å²) in [6, 6.07) is 14.9. The lowest BCUT2D eigenvalue weighted by Gasteiger charge is -2.33. The third-order valence-electron chi connectivity index (χ3n) is 4.06. The molecular weight excluding hydrogens is 273 g/mol. The first kappa shape index (κ1) is 13.6. The van der Waals surface area contributed by atoms with Crippen LogP contribution in [-0.2, 0) is 0 Å². The smallest absolute Gasteiger partial charge is 0.123 e. The van der Waals surface area contributed by atoms with Crippen LogP contribution in [0.25, 0.3) is 0 Å². The van der Waals surface area contributed by atoms with Gasteiger partial charge in [-0.1, -0.05) is 41.9 Å². The van der Waals surface area contributed by atoms with Crippen molar-refractivity contribution in [2.75, 3.05) is 13.1 Å². The number of nitrogens with one attached hydrogen (secondary N) is 1. The average Bonchev–Trinajstić information content (AvgIpc) is 2.48. The third kappa shape index (κ3) is 2.72. The van der Waals surface area contributed by atoms with E-state index in [1.165, 1.54) is 6.07 Å². The summed E-state index contributed by atoms with van der Waals surface area (Å²) in [5.74, 6) is 0.435. The van der Waals surface area contributed by atoms with Gasteiger partial charge in [-0.2, -0.15) is 0 Å². The molecule has 1 aliphatic heterocycles. The first-order valence-corrected chi connectivity index (χ1v) is 7.34. The van der Waals surface area contributed by atoms with Gasteiger partial charge in [0.05, 0.1) is 0 Å². The molecule has 0 radical (unpaired) electrons. The lowest BCUT2D eigenvalue weighted by atomic mass is 9.77. The van der Waals surface area contributed by atoms with Crippen LogP contribution in [0.5, 0.6) is 0 Å². The highest BCUT2D eigenvalue weighted by atomic mass is 35.5. The van der Waals surface area contributed by atoms with Crippen molar-refractivity contribution >= 4 is 11.6 Å². The van der Waals surface area contributed by atoms with E-state index in [0.29, 0.717) is 11.8 Å². The van der Waals surface area contributed by atoms with Crippen molar-refractivity contribution < 1.29 is 4.39 Å². The summed E-state index contributed by atoms with van der Waals surface area (Å²) in [6.45, 7) is 1.84. The molecule has 2 unspecified atom stereocenters. The normalized spacial score (nSPS) is 22.7. The minimum absolute atomic E-state index is 0.168. The Morgan fingerprint density at radius 1 is 1.05 bits per heavy atom. The highest BCUT2D eigenvalue weighted by molar-refractivity contribution is 6.31. The van der Waals surface area contributed by atoms with Gasteiger partial charge in [-0.05, 0) is 48.2 Å². The zero-order valence-corrected chi connectivity index (χ0v) is 11.9. The first-order chi connectivity index (χ1) is 9.75. The van der Waals surface area contributed by atoms with E-state index in [9.17, 15) is 4.39 Å². The van der Waals surface area contributed by atoms with Crippen molar-refractivity contribution in [1.82, 2.24) is 5.32 Å². The summed E-state index contributed by atoms with van der Waals surface area (Å²) < 4.78 is 13.5. The first-order valence-electron chi connectivity index (χ1n) is 6.96. The second-order valence-corrected chi connectivity index (χ2v) is 5.69. The van der Waals surface area contributed by atoms with E-state index in [1.54, 1.807) is 12.1 Å². The molecule has 3 rings (SSSR count). The van der Waals surface area contributed by atoms with E-state index < -0.39 is 0 Å². The Bertz CT molecular complexity index is 599. The van der Waals surface area contributed by atoms with Crippen LogP contribution >= 0.6 is 11.6 Å². The summed E-state index contributed by atoms with van der Waals surface area (Å²) in [6.07, 6.45) is 0.999. The number of benzene rings is 2. The average molecular weight is 290 g/mol.